The third-order valence-electron chi connectivity index (χ3n) is 3.56. The van der Waals surface area contributed by atoms with Crippen LogP contribution in [0.2, 0.25) is 0 Å². The van der Waals surface area contributed by atoms with E-state index in [0.29, 0.717) is 16.8 Å². The van der Waals surface area contributed by atoms with Gasteiger partial charge in [0.05, 0.1) is 0 Å². The van der Waals surface area contributed by atoms with Crippen molar-refractivity contribution in [3.8, 4) is 0 Å². The fourth-order valence-corrected chi connectivity index (χ4v) is 3.03. The van der Waals surface area contributed by atoms with Crippen molar-refractivity contribution in [3.05, 3.63) is 5.56 Å². The minimum absolute atomic E-state index is 0.152. The molecule has 0 saturated carbocycles. The lowest BCUT2D eigenvalue weighted by atomic mass is 9.83. The number of nitrogens with two attached hydrogens (primary N) is 1. The number of rotatable bonds is 2. The third kappa shape index (κ3) is 2.43. The maximum Gasteiger partial charge on any atom is 0.257 e. The van der Waals surface area contributed by atoms with Gasteiger partial charge in [-0.05, 0) is 29.8 Å². The van der Waals surface area contributed by atoms with Gasteiger partial charge in [-0.2, -0.15) is 4.37 Å². The molecule has 1 aromatic heterocycles. The number of amides is 1. The monoisotopic (exact) mass is 268 g/mol. The number of hydrogen-bond acceptors (Lipinski definition) is 5. The zero-order valence-electron chi connectivity index (χ0n) is 11.1. The van der Waals surface area contributed by atoms with Crippen LogP contribution in [0.15, 0.2) is 0 Å². The molecule has 0 atom stereocenters. The van der Waals surface area contributed by atoms with Gasteiger partial charge in [0.2, 0.25) is 0 Å². The number of anilines is 2. The highest BCUT2D eigenvalue weighted by molar-refractivity contribution is 7.11. The van der Waals surface area contributed by atoms with Crippen molar-refractivity contribution >= 4 is 28.3 Å². The molecule has 1 aromatic rings. The quantitative estimate of drug-likeness (QED) is 0.856. The van der Waals surface area contributed by atoms with Crippen molar-refractivity contribution in [2.45, 2.75) is 26.7 Å². The van der Waals surface area contributed by atoms with Crippen LogP contribution >= 0.6 is 11.5 Å². The molecule has 0 aromatic carbocycles. The summed E-state index contributed by atoms with van der Waals surface area (Å²) in [7, 11) is 1.61. The number of nitrogen functional groups attached to an aromatic ring is 1. The van der Waals surface area contributed by atoms with E-state index >= 15 is 0 Å². The maximum absolute atomic E-state index is 11.8. The van der Waals surface area contributed by atoms with Crippen molar-refractivity contribution in [2.24, 2.45) is 5.41 Å². The van der Waals surface area contributed by atoms with E-state index in [0.717, 1.165) is 30.9 Å². The van der Waals surface area contributed by atoms with Gasteiger partial charge in [0, 0.05) is 20.1 Å². The summed E-state index contributed by atoms with van der Waals surface area (Å²) < 4.78 is 4.11. The number of nitrogens with one attached hydrogen (secondary N) is 1. The molecule has 1 aliphatic heterocycles. The normalized spacial score (nSPS) is 18.7. The Labute approximate surface area is 112 Å². The lowest BCUT2D eigenvalue weighted by Crippen LogP contribution is -2.38. The molecule has 3 N–H and O–H groups in total. The minimum Gasteiger partial charge on any atom is -0.382 e. The van der Waals surface area contributed by atoms with Gasteiger partial charge in [-0.1, -0.05) is 13.8 Å². The van der Waals surface area contributed by atoms with Crippen LogP contribution in [-0.2, 0) is 0 Å². The van der Waals surface area contributed by atoms with Crippen molar-refractivity contribution < 1.29 is 4.79 Å². The molecule has 1 amide bonds. The summed E-state index contributed by atoms with van der Waals surface area (Å²) in [6, 6.07) is 0. The van der Waals surface area contributed by atoms with Gasteiger partial charge in [-0.25, -0.2) is 0 Å². The molecule has 0 aliphatic carbocycles. The molecule has 18 heavy (non-hydrogen) atoms. The Kier molecular flexibility index (Phi) is 3.47. The molecule has 6 heteroatoms. The van der Waals surface area contributed by atoms with Crippen LogP contribution < -0.4 is 16.0 Å². The standard InChI is InChI=1S/C12H20N4OS/c1-12(2)4-6-16(7-5-12)11-8(10(17)14-3)9(13)15-18-11/h4-7H2,1-3H3,(H2,13,15)(H,14,17). The van der Waals surface area contributed by atoms with Gasteiger partial charge in [-0.3, -0.25) is 4.79 Å². The molecular formula is C12H20N4OS. The Balaban J connectivity index is 2.22. The zero-order chi connectivity index (χ0) is 13.3. The Bertz CT molecular complexity index is 445. The van der Waals surface area contributed by atoms with Crippen molar-refractivity contribution in [3.63, 3.8) is 0 Å². The summed E-state index contributed by atoms with van der Waals surface area (Å²) in [5.74, 6) is 0.181. The summed E-state index contributed by atoms with van der Waals surface area (Å²) in [6.45, 7) is 6.48. The fourth-order valence-electron chi connectivity index (χ4n) is 2.16. The van der Waals surface area contributed by atoms with E-state index in [1.165, 1.54) is 11.5 Å². The van der Waals surface area contributed by atoms with Gasteiger partial charge >= 0.3 is 0 Å². The maximum atomic E-state index is 11.8. The fraction of sp³-hybridized carbons (Fsp3) is 0.667. The van der Waals surface area contributed by atoms with Crippen LogP contribution in [0.5, 0.6) is 0 Å². The molecule has 2 heterocycles. The number of nitrogens with zero attached hydrogens (tertiary/aromatic N) is 2. The second-order valence-corrected chi connectivity index (χ2v) is 6.23. The number of piperidine rings is 1. The van der Waals surface area contributed by atoms with Crippen LogP contribution in [0.4, 0.5) is 10.8 Å². The van der Waals surface area contributed by atoms with Gasteiger partial charge in [0.25, 0.3) is 5.91 Å². The van der Waals surface area contributed by atoms with E-state index in [1.807, 2.05) is 0 Å². The highest BCUT2D eigenvalue weighted by Crippen LogP contribution is 2.36. The Morgan fingerprint density at radius 2 is 2.06 bits per heavy atom. The third-order valence-corrected chi connectivity index (χ3v) is 4.48. The van der Waals surface area contributed by atoms with Gasteiger partial charge in [-0.15, -0.1) is 0 Å². The minimum atomic E-state index is -0.152. The van der Waals surface area contributed by atoms with E-state index in [4.69, 9.17) is 5.73 Å². The van der Waals surface area contributed by atoms with E-state index in [9.17, 15) is 4.79 Å². The van der Waals surface area contributed by atoms with Crippen LogP contribution in [-0.4, -0.2) is 30.4 Å². The second kappa shape index (κ2) is 4.76. The van der Waals surface area contributed by atoms with Crippen LogP contribution in [0.25, 0.3) is 0 Å². The molecule has 2 rings (SSSR count). The molecule has 0 bridgehead atoms. The number of aromatic nitrogens is 1. The van der Waals surface area contributed by atoms with E-state index in [1.54, 1.807) is 7.05 Å². The summed E-state index contributed by atoms with van der Waals surface area (Å²) in [6.07, 6.45) is 2.25. The summed E-state index contributed by atoms with van der Waals surface area (Å²) in [5.41, 5.74) is 6.71. The SMILES string of the molecule is CNC(=O)c1c(N)nsc1N1CCC(C)(C)CC1. The first-order valence-corrected chi connectivity index (χ1v) is 6.94. The molecule has 1 aliphatic rings. The number of carbonyl (C=O) groups is 1. The topological polar surface area (TPSA) is 71.2 Å². The van der Waals surface area contributed by atoms with Crippen LogP contribution in [0.1, 0.15) is 37.0 Å². The lowest BCUT2D eigenvalue weighted by Gasteiger charge is -2.37. The molecule has 0 spiro atoms. The molecule has 1 saturated heterocycles. The van der Waals surface area contributed by atoms with Crippen molar-refractivity contribution in [1.82, 2.24) is 9.69 Å². The predicted molar refractivity (Wildman–Crippen MR) is 75.1 cm³/mol. The summed E-state index contributed by atoms with van der Waals surface area (Å²) in [4.78, 5) is 14.1. The highest BCUT2D eigenvalue weighted by Gasteiger charge is 2.29. The predicted octanol–water partition coefficient (Wildman–Crippen LogP) is 1.71. The van der Waals surface area contributed by atoms with Crippen molar-refractivity contribution in [1.29, 1.82) is 0 Å². The van der Waals surface area contributed by atoms with Gasteiger partial charge < -0.3 is 16.0 Å². The van der Waals surface area contributed by atoms with Crippen molar-refractivity contribution in [2.75, 3.05) is 30.8 Å². The molecule has 100 valence electrons. The van der Waals surface area contributed by atoms with E-state index < -0.39 is 0 Å². The molecular weight excluding hydrogens is 248 g/mol. The van der Waals surface area contributed by atoms with E-state index in [2.05, 4.69) is 28.4 Å². The van der Waals surface area contributed by atoms with E-state index in [-0.39, 0.29) is 5.91 Å². The smallest absolute Gasteiger partial charge is 0.257 e. The van der Waals surface area contributed by atoms with Gasteiger partial charge in [0.15, 0.2) is 5.82 Å². The summed E-state index contributed by atoms with van der Waals surface area (Å²) >= 11 is 1.32. The lowest BCUT2D eigenvalue weighted by molar-refractivity contribution is 0.0964. The highest BCUT2D eigenvalue weighted by atomic mass is 32.1. The zero-order valence-corrected chi connectivity index (χ0v) is 11.9. The Hall–Kier alpha value is -1.30. The van der Waals surface area contributed by atoms with Crippen LogP contribution in [0, 0.1) is 5.41 Å². The number of carbonyl (C=O) groups excluding carboxylic acids is 1. The molecule has 1 fully saturated rings. The number of hydrogen-bond donors (Lipinski definition) is 2. The average Bonchev–Trinajstić information content (AvgIpc) is 2.70. The Morgan fingerprint density at radius 3 is 2.61 bits per heavy atom. The molecule has 0 unspecified atom stereocenters. The largest absolute Gasteiger partial charge is 0.382 e. The van der Waals surface area contributed by atoms with Gasteiger partial charge in [0.1, 0.15) is 10.6 Å². The first-order chi connectivity index (χ1) is 8.44. The average molecular weight is 268 g/mol. The summed E-state index contributed by atoms with van der Waals surface area (Å²) in [5, 5.41) is 3.53. The first-order valence-electron chi connectivity index (χ1n) is 6.17. The first kappa shape index (κ1) is 13.1. The van der Waals surface area contributed by atoms with Crippen LogP contribution in [0.3, 0.4) is 0 Å². The second-order valence-electron chi connectivity index (χ2n) is 5.48. The molecule has 0 radical (unpaired) electrons. The Morgan fingerprint density at radius 1 is 1.44 bits per heavy atom. The molecule has 5 nitrogen and oxygen atoms in total.